The monoisotopic (exact) mass is 162 g/mol. The van der Waals surface area contributed by atoms with Gasteiger partial charge in [-0.1, -0.05) is 18.2 Å². The maximum Gasteiger partial charge on any atom is 0.0655 e. The second-order valence-electron chi connectivity index (χ2n) is 3.12. The minimum absolute atomic E-state index is 0.896. The van der Waals surface area contributed by atoms with Crippen molar-refractivity contribution in [3.8, 4) is 0 Å². The molecule has 1 heterocycles. The Bertz CT molecular complexity index is 249. The normalized spacial score (nSPS) is 28.0. The molecule has 2 heteroatoms. The Labute approximate surface area is 73.0 Å². The average Bonchev–Trinajstić information content (AvgIpc) is 2.06. The van der Waals surface area contributed by atoms with Gasteiger partial charge in [-0.25, -0.2) is 0 Å². The molecule has 0 aromatic carbocycles. The van der Waals surface area contributed by atoms with Crippen molar-refractivity contribution in [2.75, 3.05) is 13.2 Å². The maximum atomic E-state index is 3.34. The highest BCUT2D eigenvalue weighted by Gasteiger charge is 2.08. The molecule has 0 amide bonds. The largest absolute Gasteiger partial charge is 0.372 e. The van der Waals surface area contributed by atoms with Gasteiger partial charge in [-0.15, -0.1) is 0 Å². The highest BCUT2D eigenvalue weighted by atomic mass is 15.1. The van der Waals surface area contributed by atoms with Gasteiger partial charge in [-0.05, 0) is 24.5 Å². The van der Waals surface area contributed by atoms with E-state index in [2.05, 4.69) is 34.9 Å². The Morgan fingerprint density at radius 2 is 2.25 bits per heavy atom. The zero-order chi connectivity index (χ0) is 8.23. The Morgan fingerprint density at radius 3 is 3.25 bits per heavy atom. The Kier molecular flexibility index (Phi) is 2.28. The summed E-state index contributed by atoms with van der Waals surface area (Å²) in [7, 11) is 0. The summed E-state index contributed by atoms with van der Waals surface area (Å²) in [6.45, 7) is 1.94. The maximum absolute atomic E-state index is 3.34. The zero-order valence-corrected chi connectivity index (χ0v) is 7.14. The lowest BCUT2D eigenvalue weighted by Gasteiger charge is -2.21. The van der Waals surface area contributed by atoms with Crippen LogP contribution in [0.2, 0.25) is 0 Å². The minimum atomic E-state index is 0.896. The molecule has 0 unspecified atom stereocenters. The number of allylic oxidation sites excluding steroid dienone is 4. The molecular formula is C10H14N2. The third-order valence-corrected chi connectivity index (χ3v) is 2.25. The van der Waals surface area contributed by atoms with Crippen molar-refractivity contribution in [2.24, 2.45) is 0 Å². The van der Waals surface area contributed by atoms with Crippen molar-refractivity contribution < 1.29 is 0 Å². The smallest absolute Gasteiger partial charge is 0.0655 e. The van der Waals surface area contributed by atoms with E-state index < -0.39 is 0 Å². The van der Waals surface area contributed by atoms with E-state index in [-0.39, 0.29) is 0 Å². The summed E-state index contributed by atoms with van der Waals surface area (Å²) in [5.74, 6) is 0. The first-order valence-corrected chi connectivity index (χ1v) is 4.46. The second-order valence-corrected chi connectivity index (χ2v) is 3.12. The number of rotatable bonds is 0. The van der Waals surface area contributed by atoms with Gasteiger partial charge in [0.1, 0.15) is 0 Å². The highest BCUT2D eigenvalue weighted by Crippen LogP contribution is 2.14. The SMILES string of the molecule is C1=C\CCC2=C(\C=C/1)NCNC2. The van der Waals surface area contributed by atoms with Gasteiger partial charge in [0.05, 0.1) is 6.67 Å². The summed E-state index contributed by atoms with van der Waals surface area (Å²) in [4.78, 5) is 0. The molecule has 0 aromatic heterocycles. The van der Waals surface area contributed by atoms with Crippen LogP contribution < -0.4 is 10.6 Å². The van der Waals surface area contributed by atoms with Gasteiger partial charge < -0.3 is 5.32 Å². The summed E-state index contributed by atoms with van der Waals surface area (Å²) in [5, 5.41) is 6.64. The van der Waals surface area contributed by atoms with Crippen molar-refractivity contribution in [1.82, 2.24) is 10.6 Å². The molecule has 2 aliphatic rings. The van der Waals surface area contributed by atoms with Gasteiger partial charge in [-0.2, -0.15) is 0 Å². The Balaban J connectivity index is 2.22. The van der Waals surface area contributed by atoms with Gasteiger partial charge in [-0.3, -0.25) is 5.32 Å². The van der Waals surface area contributed by atoms with Crippen molar-refractivity contribution >= 4 is 0 Å². The fraction of sp³-hybridized carbons (Fsp3) is 0.400. The van der Waals surface area contributed by atoms with Crippen LogP contribution in [0.25, 0.3) is 0 Å². The molecule has 0 spiro atoms. The van der Waals surface area contributed by atoms with Gasteiger partial charge in [0, 0.05) is 12.2 Å². The first kappa shape index (κ1) is 7.62. The van der Waals surface area contributed by atoms with Gasteiger partial charge >= 0.3 is 0 Å². The van der Waals surface area contributed by atoms with Crippen LogP contribution in [0.4, 0.5) is 0 Å². The van der Waals surface area contributed by atoms with Crippen LogP contribution in [0.1, 0.15) is 12.8 Å². The van der Waals surface area contributed by atoms with Crippen LogP contribution >= 0.6 is 0 Å². The van der Waals surface area contributed by atoms with E-state index in [1.807, 2.05) is 0 Å². The molecule has 0 saturated heterocycles. The molecule has 64 valence electrons. The Morgan fingerprint density at radius 1 is 1.25 bits per heavy atom. The molecular weight excluding hydrogens is 148 g/mol. The lowest BCUT2D eigenvalue weighted by Crippen LogP contribution is -2.36. The van der Waals surface area contributed by atoms with Crippen LogP contribution in [-0.2, 0) is 0 Å². The molecule has 2 rings (SSSR count). The molecule has 0 aromatic rings. The third-order valence-electron chi connectivity index (χ3n) is 2.25. The van der Waals surface area contributed by atoms with Crippen LogP contribution in [0.5, 0.6) is 0 Å². The van der Waals surface area contributed by atoms with Crippen LogP contribution in [0.3, 0.4) is 0 Å². The third kappa shape index (κ3) is 1.59. The molecule has 0 atom stereocenters. The Hall–Kier alpha value is -1.02. The fourth-order valence-electron chi connectivity index (χ4n) is 1.58. The molecule has 0 fully saturated rings. The van der Waals surface area contributed by atoms with E-state index in [1.165, 1.54) is 17.7 Å². The van der Waals surface area contributed by atoms with Crippen LogP contribution in [0.15, 0.2) is 35.6 Å². The number of hydrogen-bond donors (Lipinski definition) is 2. The molecule has 2 N–H and O–H groups in total. The van der Waals surface area contributed by atoms with E-state index >= 15 is 0 Å². The summed E-state index contributed by atoms with van der Waals surface area (Å²) < 4.78 is 0. The predicted octanol–water partition coefficient (Wildman–Crippen LogP) is 1.30. The van der Waals surface area contributed by atoms with Gasteiger partial charge in [0.2, 0.25) is 0 Å². The predicted molar refractivity (Wildman–Crippen MR) is 50.5 cm³/mol. The summed E-state index contributed by atoms with van der Waals surface area (Å²) >= 11 is 0. The topological polar surface area (TPSA) is 24.1 Å². The minimum Gasteiger partial charge on any atom is -0.372 e. The van der Waals surface area contributed by atoms with Crippen LogP contribution in [0, 0.1) is 0 Å². The first-order valence-electron chi connectivity index (χ1n) is 4.46. The summed E-state index contributed by atoms with van der Waals surface area (Å²) in [6.07, 6.45) is 10.9. The van der Waals surface area contributed by atoms with E-state index in [0.717, 1.165) is 19.6 Å². The summed E-state index contributed by atoms with van der Waals surface area (Å²) in [5.41, 5.74) is 2.82. The quantitative estimate of drug-likeness (QED) is 0.561. The summed E-state index contributed by atoms with van der Waals surface area (Å²) in [6, 6.07) is 0. The molecule has 1 aliphatic carbocycles. The van der Waals surface area contributed by atoms with Gasteiger partial charge in [0.25, 0.3) is 0 Å². The fourth-order valence-corrected chi connectivity index (χ4v) is 1.58. The number of hydrogen-bond acceptors (Lipinski definition) is 2. The number of nitrogens with one attached hydrogen (secondary N) is 2. The van der Waals surface area contributed by atoms with Crippen LogP contribution in [-0.4, -0.2) is 13.2 Å². The molecule has 0 bridgehead atoms. The van der Waals surface area contributed by atoms with E-state index in [9.17, 15) is 0 Å². The van der Waals surface area contributed by atoms with Gasteiger partial charge in [0.15, 0.2) is 0 Å². The second kappa shape index (κ2) is 3.59. The molecule has 2 nitrogen and oxygen atoms in total. The lowest BCUT2D eigenvalue weighted by atomic mass is 10.0. The standard InChI is InChI=1S/C10H14N2/c1-2-4-6-10-9(5-3-1)7-11-8-12-10/h1-2,4,6,11-12H,3,5,7-8H2/b2-1-,6-4-. The van der Waals surface area contributed by atoms with E-state index in [4.69, 9.17) is 0 Å². The average molecular weight is 162 g/mol. The molecule has 0 radical (unpaired) electrons. The van der Waals surface area contributed by atoms with E-state index in [1.54, 1.807) is 0 Å². The molecule has 0 saturated carbocycles. The molecule has 1 aliphatic heterocycles. The van der Waals surface area contributed by atoms with E-state index in [0.29, 0.717) is 0 Å². The van der Waals surface area contributed by atoms with Crippen molar-refractivity contribution in [2.45, 2.75) is 12.8 Å². The van der Waals surface area contributed by atoms with Crippen molar-refractivity contribution in [3.63, 3.8) is 0 Å². The zero-order valence-electron chi connectivity index (χ0n) is 7.14. The highest BCUT2D eigenvalue weighted by molar-refractivity contribution is 5.30. The molecule has 12 heavy (non-hydrogen) atoms. The van der Waals surface area contributed by atoms with Crippen molar-refractivity contribution in [1.29, 1.82) is 0 Å². The van der Waals surface area contributed by atoms with Crippen molar-refractivity contribution in [3.05, 3.63) is 35.6 Å². The lowest BCUT2D eigenvalue weighted by molar-refractivity contribution is 0.610. The first-order chi connectivity index (χ1) is 5.97.